The van der Waals surface area contributed by atoms with Crippen molar-refractivity contribution in [2.45, 2.75) is 32.7 Å². The molecule has 1 atom stereocenters. The highest BCUT2D eigenvalue weighted by atomic mass is 16.3. The van der Waals surface area contributed by atoms with E-state index in [-0.39, 0.29) is 18.6 Å². The molecule has 0 spiro atoms. The topological polar surface area (TPSA) is 75.3 Å². The van der Waals surface area contributed by atoms with Crippen molar-refractivity contribution in [3.05, 3.63) is 35.4 Å². The SMILES string of the molecule is CC(C)CC(CO)NC(=O)c1cccc(CCN)c1. The van der Waals surface area contributed by atoms with E-state index in [1.54, 1.807) is 6.07 Å². The Morgan fingerprint density at radius 3 is 2.74 bits per heavy atom. The van der Waals surface area contributed by atoms with E-state index in [1.807, 2.05) is 18.2 Å². The third kappa shape index (κ3) is 5.41. The van der Waals surface area contributed by atoms with Crippen molar-refractivity contribution in [1.82, 2.24) is 5.32 Å². The molecule has 1 aromatic rings. The zero-order valence-electron chi connectivity index (χ0n) is 11.7. The second-order valence-corrected chi connectivity index (χ2v) is 5.22. The highest BCUT2D eigenvalue weighted by Gasteiger charge is 2.14. The van der Waals surface area contributed by atoms with Crippen LogP contribution in [0.1, 0.15) is 36.2 Å². The first kappa shape index (κ1) is 15.7. The predicted octanol–water partition coefficient (Wildman–Crippen LogP) is 1.32. The zero-order chi connectivity index (χ0) is 14.3. The molecule has 1 aromatic carbocycles. The average molecular weight is 264 g/mol. The largest absolute Gasteiger partial charge is 0.394 e. The summed E-state index contributed by atoms with van der Waals surface area (Å²) < 4.78 is 0. The highest BCUT2D eigenvalue weighted by molar-refractivity contribution is 5.94. The smallest absolute Gasteiger partial charge is 0.251 e. The molecule has 0 saturated carbocycles. The Kier molecular flexibility index (Phi) is 6.53. The minimum atomic E-state index is -0.189. The predicted molar refractivity (Wildman–Crippen MR) is 77.0 cm³/mol. The molecule has 19 heavy (non-hydrogen) atoms. The molecule has 0 fully saturated rings. The van der Waals surface area contributed by atoms with Crippen LogP contribution >= 0.6 is 0 Å². The fraction of sp³-hybridized carbons (Fsp3) is 0.533. The maximum absolute atomic E-state index is 12.1. The summed E-state index contributed by atoms with van der Waals surface area (Å²) in [4.78, 5) is 12.1. The first-order valence-corrected chi connectivity index (χ1v) is 6.77. The quantitative estimate of drug-likeness (QED) is 0.695. The van der Waals surface area contributed by atoms with Crippen molar-refractivity contribution >= 4 is 5.91 Å². The van der Waals surface area contributed by atoms with Crippen LogP contribution < -0.4 is 11.1 Å². The molecule has 0 aliphatic carbocycles. The number of carbonyl (C=O) groups excluding carboxylic acids is 1. The maximum atomic E-state index is 12.1. The maximum Gasteiger partial charge on any atom is 0.251 e. The molecular formula is C15H24N2O2. The Balaban J connectivity index is 2.68. The highest BCUT2D eigenvalue weighted by Crippen LogP contribution is 2.08. The van der Waals surface area contributed by atoms with Gasteiger partial charge in [0.05, 0.1) is 12.6 Å². The van der Waals surface area contributed by atoms with E-state index >= 15 is 0 Å². The van der Waals surface area contributed by atoms with Gasteiger partial charge in [0.15, 0.2) is 0 Å². The van der Waals surface area contributed by atoms with Crippen molar-refractivity contribution in [3.8, 4) is 0 Å². The Morgan fingerprint density at radius 2 is 2.16 bits per heavy atom. The zero-order valence-corrected chi connectivity index (χ0v) is 11.7. The fourth-order valence-corrected chi connectivity index (χ4v) is 2.05. The van der Waals surface area contributed by atoms with Gasteiger partial charge in [0, 0.05) is 5.56 Å². The van der Waals surface area contributed by atoms with E-state index in [2.05, 4.69) is 19.2 Å². The molecule has 1 unspecified atom stereocenters. The molecule has 1 rings (SSSR count). The van der Waals surface area contributed by atoms with Crippen molar-refractivity contribution in [2.24, 2.45) is 11.7 Å². The summed E-state index contributed by atoms with van der Waals surface area (Å²) in [6, 6.07) is 7.26. The number of hydrogen-bond donors (Lipinski definition) is 3. The molecule has 4 nitrogen and oxygen atoms in total. The van der Waals surface area contributed by atoms with Crippen LogP contribution in [0.5, 0.6) is 0 Å². The average Bonchev–Trinajstić information content (AvgIpc) is 2.38. The minimum Gasteiger partial charge on any atom is -0.394 e. The molecular weight excluding hydrogens is 240 g/mol. The Bertz CT molecular complexity index is 405. The first-order chi connectivity index (χ1) is 9.06. The molecule has 0 aliphatic heterocycles. The van der Waals surface area contributed by atoms with E-state index in [0.717, 1.165) is 18.4 Å². The molecule has 0 bridgehead atoms. The number of nitrogens with one attached hydrogen (secondary N) is 1. The van der Waals surface area contributed by atoms with E-state index in [0.29, 0.717) is 18.0 Å². The van der Waals surface area contributed by atoms with E-state index in [4.69, 9.17) is 5.73 Å². The number of aliphatic hydroxyl groups is 1. The standard InChI is InChI=1S/C15H24N2O2/c1-11(2)8-14(10-18)17-15(19)13-5-3-4-12(9-13)6-7-16/h3-5,9,11,14,18H,6-8,10,16H2,1-2H3,(H,17,19). The fourth-order valence-electron chi connectivity index (χ4n) is 2.05. The minimum absolute atomic E-state index is 0.0353. The van der Waals surface area contributed by atoms with E-state index in [1.165, 1.54) is 0 Å². The van der Waals surface area contributed by atoms with Crippen LogP contribution in [0.25, 0.3) is 0 Å². The number of aliphatic hydroxyl groups excluding tert-OH is 1. The van der Waals surface area contributed by atoms with Gasteiger partial charge in [-0.2, -0.15) is 0 Å². The van der Waals surface area contributed by atoms with Crippen LogP contribution in [0.3, 0.4) is 0 Å². The molecule has 0 aromatic heterocycles. The van der Waals surface area contributed by atoms with Gasteiger partial charge in [0.25, 0.3) is 5.91 Å². The van der Waals surface area contributed by atoms with Gasteiger partial charge < -0.3 is 16.2 Å². The van der Waals surface area contributed by atoms with E-state index < -0.39 is 0 Å². The summed E-state index contributed by atoms with van der Waals surface area (Å²) in [6.45, 7) is 4.66. The monoisotopic (exact) mass is 264 g/mol. The molecule has 0 heterocycles. The number of benzene rings is 1. The summed E-state index contributed by atoms with van der Waals surface area (Å²) >= 11 is 0. The third-order valence-corrected chi connectivity index (χ3v) is 2.93. The second kappa shape index (κ2) is 7.92. The lowest BCUT2D eigenvalue weighted by Gasteiger charge is -2.18. The second-order valence-electron chi connectivity index (χ2n) is 5.22. The van der Waals surface area contributed by atoms with Gasteiger partial charge >= 0.3 is 0 Å². The molecule has 1 amide bonds. The molecule has 4 N–H and O–H groups in total. The third-order valence-electron chi connectivity index (χ3n) is 2.93. The van der Waals surface area contributed by atoms with Crippen LogP contribution in [-0.2, 0) is 6.42 Å². The number of rotatable bonds is 7. The van der Waals surface area contributed by atoms with Crippen molar-refractivity contribution < 1.29 is 9.90 Å². The Morgan fingerprint density at radius 1 is 1.42 bits per heavy atom. The van der Waals surface area contributed by atoms with E-state index in [9.17, 15) is 9.90 Å². The van der Waals surface area contributed by atoms with Gasteiger partial charge in [-0.1, -0.05) is 26.0 Å². The lowest BCUT2D eigenvalue weighted by molar-refractivity contribution is 0.0908. The Labute approximate surface area is 115 Å². The van der Waals surface area contributed by atoms with Crippen LogP contribution in [-0.4, -0.2) is 30.2 Å². The van der Waals surface area contributed by atoms with Gasteiger partial charge in [-0.3, -0.25) is 4.79 Å². The summed E-state index contributed by atoms with van der Waals surface area (Å²) in [6.07, 6.45) is 1.53. The lowest BCUT2D eigenvalue weighted by atomic mass is 10.0. The van der Waals surface area contributed by atoms with Crippen LogP contribution in [0, 0.1) is 5.92 Å². The van der Waals surface area contributed by atoms with Crippen LogP contribution in [0.2, 0.25) is 0 Å². The van der Waals surface area contributed by atoms with Gasteiger partial charge in [0.2, 0.25) is 0 Å². The number of hydrogen-bond acceptors (Lipinski definition) is 3. The normalized spacial score (nSPS) is 12.5. The molecule has 106 valence electrons. The molecule has 4 heteroatoms. The van der Waals surface area contributed by atoms with Crippen molar-refractivity contribution in [1.29, 1.82) is 0 Å². The lowest BCUT2D eigenvalue weighted by Crippen LogP contribution is -2.38. The van der Waals surface area contributed by atoms with Gasteiger partial charge in [0.1, 0.15) is 0 Å². The van der Waals surface area contributed by atoms with Gasteiger partial charge in [-0.15, -0.1) is 0 Å². The molecule has 0 aliphatic rings. The van der Waals surface area contributed by atoms with Crippen molar-refractivity contribution in [3.63, 3.8) is 0 Å². The molecule has 0 saturated heterocycles. The summed E-state index contributed by atoms with van der Waals surface area (Å²) in [7, 11) is 0. The van der Waals surface area contributed by atoms with Crippen molar-refractivity contribution in [2.75, 3.05) is 13.2 Å². The summed E-state index contributed by atoms with van der Waals surface area (Å²) in [5.41, 5.74) is 7.18. The van der Waals surface area contributed by atoms with Gasteiger partial charge in [-0.25, -0.2) is 0 Å². The number of carbonyl (C=O) groups is 1. The number of amides is 1. The van der Waals surface area contributed by atoms with Crippen LogP contribution in [0.15, 0.2) is 24.3 Å². The molecule has 0 radical (unpaired) electrons. The summed E-state index contributed by atoms with van der Waals surface area (Å²) in [5.74, 6) is 0.291. The summed E-state index contributed by atoms with van der Waals surface area (Å²) in [5, 5.41) is 12.1. The van der Waals surface area contributed by atoms with Gasteiger partial charge in [-0.05, 0) is 43.0 Å². The number of nitrogens with two attached hydrogens (primary N) is 1. The van der Waals surface area contributed by atoms with Crippen LogP contribution in [0.4, 0.5) is 0 Å². The Hall–Kier alpha value is -1.39. The first-order valence-electron chi connectivity index (χ1n) is 6.77.